The molecule has 20 heavy (non-hydrogen) atoms. The Hall–Kier alpha value is -1.31. The number of benzene rings is 1. The van der Waals surface area contributed by atoms with Crippen LogP contribution >= 0.6 is 10.7 Å². The van der Waals surface area contributed by atoms with Gasteiger partial charge in [-0.3, -0.25) is 0 Å². The Balaban J connectivity index is 2.26. The topological polar surface area (TPSA) is 78.9 Å². The van der Waals surface area contributed by atoms with Crippen LogP contribution in [0, 0.1) is 0 Å². The Labute approximate surface area is 121 Å². The number of halogens is 1. The SMILES string of the molecule is COc1ccc(C(=O)OC2CCOC2)cc1S(=O)(=O)Cl. The van der Waals surface area contributed by atoms with E-state index in [-0.39, 0.29) is 22.3 Å². The van der Waals surface area contributed by atoms with Crippen LogP contribution in [0.5, 0.6) is 5.75 Å². The van der Waals surface area contributed by atoms with Crippen molar-refractivity contribution in [1.29, 1.82) is 0 Å². The fourth-order valence-electron chi connectivity index (χ4n) is 1.82. The Morgan fingerprint density at radius 2 is 2.20 bits per heavy atom. The zero-order valence-corrected chi connectivity index (χ0v) is 12.2. The molecule has 1 saturated heterocycles. The molecule has 0 amide bonds. The normalized spacial score (nSPS) is 18.8. The maximum Gasteiger partial charge on any atom is 0.338 e. The molecule has 1 unspecified atom stereocenters. The van der Waals surface area contributed by atoms with Gasteiger partial charge in [0.25, 0.3) is 9.05 Å². The van der Waals surface area contributed by atoms with E-state index in [0.29, 0.717) is 19.6 Å². The summed E-state index contributed by atoms with van der Waals surface area (Å²) in [5, 5.41) is 0. The zero-order valence-electron chi connectivity index (χ0n) is 10.7. The van der Waals surface area contributed by atoms with Gasteiger partial charge in [0, 0.05) is 17.1 Å². The van der Waals surface area contributed by atoms with Crippen molar-refractivity contribution in [3.63, 3.8) is 0 Å². The van der Waals surface area contributed by atoms with E-state index in [9.17, 15) is 13.2 Å². The first kappa shape index (κ1) is 15.1. The molecule has 1 aromatic carbocycles. The smallest absolute Gasteiger partial charge is 0.338 e. The first-order valence-corrected chi connectivity index (χ1v) is 8.14. The molecule has 0 N–H and O–H groups in total. The van der Waals surface area contributed by atoms with Gasteiger partial charge in [0.05, 0.1) is 25.9 Å². The summed E-state index contributed by atoms with van der Waals surface area (Å²) < 4.78 is 38.1. The molecule has 1 aliphatic heterocycles. The first-order chi connectivity index (χ1) is 9.41. The Morgan fingerprint density at radius 3 is 2.75 bits per heavy atom. The molecule has 0 bridgehead atoms. The van der Waals surface area contributed by atoms with E-state index in [0.717, 1.165) is 6.07 Å². The molecule has 1 fully saturated rings. The summed E-state index contributed by atoms with van der Waals surface area (Å²) >= 11 is 0. The third kappa shape index (κ3) is 3.41. The molecule has 0 radical (unpaired) electrons. The van der Waals surface area contributed by atoms with Crippen LogP contribution < -0.4 is 4.74 Å². The average Bonchev–Trinajstić information content (AvgIpc) is 2.89. The van der Waals surface area contributed by atoms with Crippen molar-refractivity contribution in [3.8, 4) is 5.75 Å². The molecule has 2 rings (SSSR count). The van der Waals surface area contributed by atoms with Crippen molar-refractivity contribution in [2.75, 3.05) is 20.3 Å². The number of carbonyl (C=O) groups is 1. The monoisotopic (exact) mass is 320 g/mol. The predicted molar refractivity (Wildman–Crippen MR) is 70.7 cm³/mol. The molecule has 1 aliphatic rings. The van der Waals surface area contributed by atoms with Gasteiger partial charge < -0.3 is 14.2 Å². The summed E-state index contributed by atoms with van der Waals surface area (Å²) in [6.45, 7) is 0.893. The lowest BCUT2D eigenvalue weighted by Crippen LogP contribution is -2.18. The van der Waals surface area contributed by atoms with Crippen LogP contribution in [0.15, 0.2) is 23.1 Å². The van der Waals surface area contributed by atoms with E-state index in [1.165, 1.54) is 19.2 Å². The second kappa shape index (κ2) is 5.99. The first-order valence-electron chi connectivity index (χ1n) is 5.83. The number of rotatable bonds is 4. The molecule has 0 aliphatic carbocycles. The van der Waals surface area contributed by atoms with Crippen molar-refractivity contribution >= 4 is 25.7 Å². The highest BCUT2D eigenvalue weighted by Crippen LogP contribution is 2.28. The van der Waals surface area contributed by atoms with Crippen molar-refractivity contribution in [1.82, 2.24) is 0 Å². The predicted octanol–water partition coefficient (Wildman–Crippen LogP) is 1.57. The Kier molecular flexibility index (Phi) is 4.52. The quantitative estimate of drug-likeness (QED) is 0.619. The van der Waals surface area contributed by atoms with E-state index in [2.05, 4.69) is 0 Å². The summed E-state index contributed by atoms with van der Waals surface area (Å²) in [6.07, 6.45) is 0.323. The van der Waals surface area contributed by atoms with Gasteiger partial charge in [0.2, 0.25) is 0 Å². The lowest BCUT2D eigenvalue weighted by atomic mass is 10.2. The maximum atomic E-state index is 11.9. The lowest BCUT2D eigenvalue weighted by molar-refractivity contribution is 0.0270. The van der Waals surface area contributed by atoms with Gasteiger partial charge in [-0.15, -0.1) is 0 Å². The molecular formula is C12H13ClO6S. The number of esters is 1. The Morgan fingerprint density at radius 1 is 1.45 bits per heavy atom. The molecule has 1 heterocycles. The highest BCUT2D eigenvalue weighted by molar-refractivity contribution is 8.13. The number of hydrogen-bond donors (Lipinski definition) is 0. The summed E-state index contributed by atoms with van der Waals surface area (Å²) in [5.74, 6) is -0.550. The van der Waals surface area contributed by atoms with Crippen LogP contribution in [0.1, 0.15) is 16.8 Å². The highest BCUT2D eigenvalue weighted by atomic mass is 35.7. The summed E-state index contributed by atoms with van der Waals surface area (Å²) in [6, 6.07) is 3.92. The van der Waals surface area contributed by atoms with Crippen molar-refractivity contribution in [2.24, 2.45) is 0 Å². The minimum Gasteiger partial charge on any atom is -0.495 e. The van der Waals surface area contributed by atoms with E-state index in [1.54, 1.807) is 0 Å². The van der Waals surface area contributed by atoms with E-state index >= 15 is 0 Å². The fraction of sp³-hybridized carbons (Fsp3) is 0.417. The fourth-order valence-corrected chi connectivity index (χ4v) is 2.84. The number of carbonyl (C=O) groups excluding carboxylic acids is 1. The second-order valence-electron chi connectivity index (χ2n) is 4.19. The average molecular weight is 321 g/mol. The number of methoxy groups -OCH3 is 1. The molecule has 8 heteroatoms. The van der Waals surface area contributed by atoms with Gasteiger partial charge in [0.1, 0.15) is 16.7 Å². The summed E-state index contributed by atoms with van der Waals surface area (Å²) in [5.41, 5.74) is 0.0944. The molecule has 110 valence electrons. The molecule has 0 spiro atoms. The van der Waals surface area contributed by atoms with E-state index < -0.39 is 15.0 Å². The summed E-state index contributed by atoms with van der Waals surface area (Å²) in [4.78, 5) is 11.7. The molecular weight excluding hydrogens is 308 g/mol. The maximum absolute atomic E-state index is 11.9. The summed E-state index contributed by atoms with van der Waals surface area (Å²) in [7, 11) is 2.61. The molecule has 1 aromatic rings. The van der Waals surface area contributed by atoms with Gasteiger partial charge >= 0.3 is 5.97 Å². The van der Waals surface area contributed by atoms with Crippen LogP contribution in [0.25, 0.3) is 0 Å². The van der Waals surface area contributed by atoms with Crippen LogP contribution in [0.4, 0.5) is 0 Å². The molecule has 0 aromatic heterocycles. The second-order valence-corrected chi connectivity index (χ2v) is 6.73. The minimum absolute atomic E-state index is 0.0701. The standard InChI is InChI=1S/C12H13ClO6S/c1-17-10-3-2-8(6-11(10)20(13,15)16)12(14)19-9-4-5-18-7-9/h2-3,6,9H,4-5,7H2,1H3. The van der Waals surface area contributed by atoms with Gasteiger partial charge in [-0.05, 0) is 18.2 Å². The van der Waals surface area contributed by atoms with Crippen LogP contribution in [-0.2, 0) is 18.5 Å². The highest BCUT2D eigenvalue weighted by Gasteiger charge is 2.23. The Bertz CT molecular complexity index is 606. The van der Waals surface area contributed by atoms with Crippen molar-refractivity contribution < 1.29 is 27.4 Å². The zero-order chi connectivity index (χ0) is 14.8. The van der Waals surface area contributed by atoms with Crippen LogP contribution in [-0.4, -0.2) is 40.8 Å². The third-order valence-corrected chi connectivity index (χ3v) is 4.17. The van der Waals surface area contributed by atoms with Crippen molar-refractivity contribution in [3.05, 3.63) is 23.8 Å². The number of hydrogen-bond acceptors (Lipinski definition) is 6. The molecule has 1 atom stereocenters. The lowest BCUT2D eigenvalue weighted by Gasteiger charge is -2.11. The van der Waals surface area contributed by atoms with E-state index in [1.807, 2.05) is 0 Å². The van der Waals surface area contributed by atoms with Gasteiger partial charge in [-0.1, -0.05) is 0 Å². The largest absolute Gasteiger partial charge is 0.495 e. The van der Waals surface area contributed by atoms with Gasteiger partial charge in [-0.25, -0.2) is 13.2 Å². The minimum atomic E-state index is -4.01. The van der Waals surface area contributed by atoms with E-state index in [4.69, 9.17) is 24.9 Å². The number of ether oxygens (including phenoxy) is 3. The third-order valence-electron chi connectivity index (χ3n) is 2.82. The molecule has 0 saturated carbocycles. The van der Waals surface area contributed by atoms with Gasteiger partial charge in [-0.2, -0.15) is 0 Å². The van der Waals surface area contributed by atoms with Crippen LogP contribution in [0.2, 0.25) is 0 Å². The van der Waals surface area contributed by atoms with Gasteiger partial charge in [0.15, 0.2) is 0 Å². The van der Waals surface area contributed by atoms with Crippen LogP contribution in [0.3, 0.4) is 0 Å². The van der Waals surface area contributed by atoms with Crippen molar-refractivity contribution in [2.45, 2.75) is 17.4 Å². The molecule has 6 nitrogen and oxygen atoms in total.